The highest BCUT2D eigenvalue weighted by molar-refractivity contribution is 9.10. The van der Waals surface area contributed by atoms with E-state index >= 15 is 0 Å². The van der Waals surface area contributed by atoms with E-state index in [1.165, 1.54) is 0 Å². The third kappa shape index (κ3) is 5.05. The molecule has 3 aromatic rings. The van der Waals surface area contributed by atoms with Gasteiger partial charge in [-0.25, -0.2) is 0 Å². The number of hydrogen-bond donors (Lipinski definition) is 2. The zero-order chi connectivity index (χ0) is 28.7. The topological polar surface area (TPSA) is 90.3 Å². The SMILES string of the molecule is C[C@@H]1[C@@H]([Si](C)(C)O)[C@H](CC(=O)N(CCO)Cc2ccccc2)O[C@@]12C(=O)N(c1ccccc1)c1ccc(Br)cc12. The Morgan fingerprint density at radius 1 is 1.07 bits per heavy atom. The third-order valence-electron chi connectivity index (χ3n) is 8.18. The number of carbonyl (C=O) groups is 2. The first-order chi connectivity index (χ1) is 19.1. The molecule has 1 saturated heterocycles. The summed E-state index contributed by atoms with van der Waals surface area (Å²) >= 11 is 3.58. The Morgan fingerprint density at radius 2 is 1.73 bits per heavy atom. The summed E-state index contributed by atoms with van der Waals surface area (Å²) < 4.78 is 7.63. The maximum atomic E-state index is 14.5. The summed E-state index contributed by atoms with van der Waals surface area (Å²) in [5.74, 6) is -0.782. The van der Waals surface area contributed by atoms with Crippen LogP contribution in [0, 0.1) is 5.92 Å². The Balaban J connectivity index is 1.53. The van der Waals surface area contributed by atoms with Crippen LogP contribution in [0.25, 0.3) is 0 Å². The van der Waals surface area contributed by atoms with E-state index < -0.39 is 20.0 Å². The molecule has 2 aliphatic heterocycles. The van der Waals surface area contributed by atoms with Crippen molar-refractivity contribution in [3.63, 3.8) is 0 Å². The van der Waals surface area contributed by atoms with Crippen LogP contribution < -0.4 is 4.90 Å². The Bertz CT molecular complexity index is 1380. The van der Waals surface area contributed by atoms with Crippen molar-refractivity contribution < 1.29 is 24.2 Å². The number of rotatable bonds is 8. The number of fused-ring (bicyclic) bond motifs is 2. The molecule has 2 amide bonds. The lowest BCUT2D eigenvalue weighted by molar-refractivity contribution is -0.149. The van der Waals surface area contributed by atoms with E-state index in [9.17, 15) is 19.5 Å². The molecule has 0 saturated carbocycles. The summed E-state index contributed by atoms with van der Waals surface area (Å²) in [7, 11) is -2.93. The average Bonchev–Trinajstić information content (AvgIpc) is 3.35. The van der Waals surface area contributed by atoms with E-state index in [2.05, 4.69) is 15.9 Å². The van der Waals surface area contributed by atoms with Crippen molar-refractivity contribution in [3.8, 4) is 0 Å². The number of aliphatic hydroxyl groups excluding tert-OH is 1. The van der Waals surface area contributed by atoms with Crippen LogP contribution in [-0.4, -0.2) is 54.2 Å². The van der Waals surface area contributed by atoms with Gasteiger partial charge < -0.3 is 19.5 Å². The van der Waals surface area contributed by atoms with Crippen LogP contribution in [0.3, 0.4) is 0 Å². The first-order valence-corrected chi connectivity index (χ1v) is 17.4. The zero-order valence-electron chi connectivity index (χ0n) is 23.0. The fraction of sp³-hybridized carbons (Fsp3) is 0.355. The number of nitrogens with zero attached hydrogens (tertiary/aromatic N) is 2. The largest absolute Gasteiger partial charge is 0.432 e. The standard InChI is InChI=1S/C31H35BrN2O5Si/c1-21-29(40(2,3)38)27(19-28(36)33(16-17-35)20-22-10-6-4-7-11-22)39-31(21)25-18-23(32)14-15-26(25)34(30(31)37)24-12-8-5-9-13-24/h4-15,18,21,27,29,35,38H,16-17,19-20H2,1-3H3/t21-,27+,29-,31+/m1/s1. The van der Waals surface area contributed by atoms with Crippen LogP contribution in [0.4, 0.5) is 11.4 Å². The van der Waals surface area contributed by atoms with Crippen LogP contribution in [0.2, 0.25) is 18.6 Å². The fourth-order valence-electron chi connectivity index (χ4n) is 6.53. The molecule has 0 aliphatic carbocycles. The Morgan fingerprint density at radius 3 is 2.35 bits per heavy atom. The zero-order valence-corrected chi connectivity index (χ0v) is 25.5. The molecule has 2 N–H and O–H groups in total. The second-order valence-corrected chi connectivity index (χ2v) is 16.1. The lowest BCUT2D eigenvalue weighted by Gasteiger charge is -2.32. The third-order valence-corrected chi connectivity index (χ3v) is 11.2. The maximum absolute atomic E-state index is 14.5. The highest BCUT2D eigenvalue weighted by Crippen LogP contribution is 2.61. The van der Waals surface area contributed by atoms with Gasteiger partial charge in [-0.05, 0) is 49.0 Å². The number of aliphatic hydroxyl groups is 1. The van der Waals surface area contributed by atoms with E-state index in [4.69, 9.17) is 4.74 Å². The molecule has 0 bridgehead atoms. The van der Waals surface area contributed by atoms with Gasteiger partial charge in [-0.2, -0.15) is 0 Å². The Labute approximate surface area is 244 Å². The smallest absolute Gasteiger partial charge is 0.268 e. The van der Waals surface area contributed by atoms with E-state index in [1.807, 2.05) is 98.9 Å². The van der Waals surface area contributed by atoms with Crippen LogP contribution in [-0.2, 0) is 26.5 Å². The van der Waals surface area contributed by atoms with Gasteiger partial charge >= 0.3 is 0 Å². The molecular weight excluding hydrogens is 588 g/mol. The molecule has 0 radical (unpaired) electrons. The minimum absolute atomic E-state index is 0.00251. The van der Waals surface area contributed by atoms with Gasteiger partial charge in [0.25, 0.3) is 5.91 Å². The summed E-state index contributed by atoms with van der Waals surface area (Å²) in [5.41, 5.74) is 1.43. The number of para-hydroxylation sites is 1. The molecule has 9 heteroatoms. The number of halogens is 1. The van der Waals surface area contributed by atoms with Crippen molar-refractivity contribution in [3.05, 3.63) is 94.5 Å². The average molecular weight is 624 g/mol. The van der Waals surface area contributed by atoms with Crippen molar-refractivity contribution in [1.82, 2.24) is 4.90 Å². The fourth-order valence-corrected chi connectivity index (χ4v) is 9.44. The summed E-state index contributed by atoms with van der Waals surface area (Å²) in [4.78, 5) is 43.0. The van der Waals surface area contributed by atoms with Crippen molar-refractivity contribution in [2.24, 2.45) is 5.92 Å². The molecule has 2 aliphatic rings. The quantitative estimate of drug-likeness (QED) is 0.331. The van der Waals surface area contributed by atoms with Gasteiger partial charge in [0, 0.05) is 40.3 Å². The molecule has 0 unspecified atom stereocenters. The predicted molar refractivity (Wildman–Crippen MR) is 160 cm³/mol. The predicted octanol–water partition coefficient (Wildman–Crippen LogP) is 5.34. The molecule has 3 aromatic carbocycles. The molecule has 1 fully saturated rings. The minimum Gasteiger partial charge on any atom is -0.432 e. The number of ether oxygens (including phenoxy) is 1. The van der Waals surface area contributed by atoms with Crippen LogP contribution in [0.1, 0.15) is 24.5 Å². The number of hydrogen-bond acceptors (Lipinski definition) is 5. The van der Waals surface area contributed by atoms with E-state index in [1.54, 1.807) is 9.80 Å². The maximum Gasteiger partial charge on any atom is 0.268 e. The Hall–Kier alpha value is -2.82. The molecule has 1 spiro atoms. The second-order valence-electron chi connectivity index (χ2n) is 11.2. The number of amides is 2. The van der Waals surface area contributed by atoms with E-state index in [0.29, 0.717) is 6.54 Å². The number of benzene rings is 3. The molecule has 7 nitrogen and oxygen atoms in total. The number of carbonyl (C=O) groups excluding carboxylic acids is 2. The van der Waals surface area contributed by atoms with Crippen LogP contribution >= 0.6 is 15.9 Å². The highest BCUT2D eigenvalue weighted by Gasteiger charge is 2.66. The van der Waals surface area contributed by atoms with Crippen LogP contribution in [0.5, 0.6) is 0 Å². The normalized spacial score (nSPS) is 24.0. The van der Waals surface area contributed by atoms with Crippen molar-refractivity contribution in [2.45, 2.75) is 50.2 Å². The van der Waals surface area contributed by atoms with Crippen molar-refractivity contribution in [1.29, 1.82) is 0 Å². The molecular formula is C31H35BrN2O5Si. The second kappa shape index (κ2) is 11.2. The lowest BCUT2D eigenvalue weighted by Crippen LogP contribution is -2.45. The number of anilines is 2. The van der Waals surface area contributed by atoms with E-state index in [-0.39, 0.29) is 42.8 Å². The monoisotopic (exact) mass is 622 g/mol. The van der Waals surface area contributed by atoms with E-state index in [0.717, 1.165) is 27.0 Å². The molecule has 5 rings (SSSR count). The Kier molecular flexibility index (Phi) is 8.05. The molecule has 40 heavy (non-hydrogen) atoms. The summed E-state index contributed by atoms with van der Waals surface area (Å²) in [5, 5.41) is 9.71. The summed E-state index contributed by atoms with van der Waals surface area (Å²) in [6.07, 6.45) is -0.666. The lowest BCUT2D eigenvalue weighted by atomic mass is 9.82. The van der Waals surface area contributed by atoms with Crippen LogP contribution in [0.15, 0.2) is 83.3 Å². The van der Waals surface area contributed by atoms with Gasteiger partial charge in [-0.15, -0.1) is 0 Å². The van der Waals surface area contributed by atoms with Gasteiger partial charge in [0.15, 0.2) is 13.9 Å². The van der Waals surface area contributed by atoms with Gasteiger partial charge in [-0.1, -0.05) is 71.4 Å². The van der Waals surface area contributed by atoms with Crippen molar-refractivity contribution >= 4 is 47.4 Å². The molecule has 4 atom stereocenters. The molecule has 0 aromatic heterocycles. The first-order valence-electron chi connectivity index (χ1n) is 13.6. The molecule has 210 valence electrons. The van der Waals surface area contributed by atoms with Gasteiger partial charge in [0.05, 0.1) is 24.8 Å². The van der Waals surface area contributed by atoms with Gasteiger partial charge in [0.2, 0.25) is 5.91 Å². The summed E-state index contributed by atoms with van der Waals surface area (Å²) in [6.45, 7) is 6.03. The van der Waals surface area contributed by atoms with Gasteiger partial charge in [0.1, 0.15) is 0 Å². The summed E-state index contributed by atoms with van der Waals surface area (Å²) in [6, 6.07) is 24.8. The first kappa shape index (κ1) is 28.7. The minimum atomic E-state index is -2.93. The highest BCUT2D eigenvalue weighted by atomic mass is 79.9. The van der Waals surface area contributed by atoms with Gasteiger partial charge in [-0.3, -0.25) is 14.5 Å². The van der Waals surface area contributed by atoms with Crippen molar-refractivity contribution in [2.75, 3.05) is 18.1 Å². The molecule has 2 heterocycles.